The molecule has 0 spiro atoms. The zero-order chi connectivity index (χ0) is 21.8. The van der Waals surface area contributed by atoms with Gasteiger partial charge in [-0.05, 0) is 47.7 Å². The van der Waals surface area contributed by atoms with Crippen LogP contribution in [0.25, 0.3) is 6.08 Å². The second-order valence-electron chi connectivity index (χ2n) is 8.29. The second-order valence-corrected chi connectivity index (χ2v) is 9.38. The lowest BCUT2D eigenvalue weighted by atomic mass is 10.0. The van der Waals surface area contributed by atoms with Gasteiger partial charge in [0, 0.05) is 42.3 Å². The quantitative estimate of drug-likeness (QED) is 0.745. The number of carbonyl (C=O) groups excluding carboxylic acids is 1. The summed E-state index contributed by atoms with van der Waals surface area (Å²) in [5.74, 6) is 1.10. The van der Waals surface area contributed by atoms with E-state index in [0.717, 1.165) is 34.0 Å². The van der Waals surface area contributed by atoms with Gasteiger partial charge in [0.1, 0.15) is 0 Å². The van der Waals surface area contributed by atoms with Crippen molar-refractivity contribution < 1.29 is 4.79 Å². The molecular formula is C24H29N5OS. The van der Waals surface area contributed by atoms with Gasteiger partial charge in [-0.3, -0.25) is 4.79 Å². The van der Waals surface area contributed by atoms with Crippen molar-refractivity contribution in [3.05, 3.63) is 57.3 Å². The lowest BCUT2D eigenvalue weighted by Crippen LogP contribution is -2.31. The average molecular weight is 436 g/mol. The van der Waals surface area contributed by atoms with Crippen molar-refractivity contribution >= 4 is 41.2 Å². The first kappa shape index (κ1) is 21.5. The lowest BCUT2D eigenvalue weighted by molar-refractivity contribution is 0.0795. The number of likely N-dealkylation sites (tertiary alicyclic amines) is 1. The number of hydrogen-bond donors (Lipinski definition) is 2. The third-order valence-electron chi connectivity index (χ3n) is 5.50. The van der Waals surface area contributed by atoms with E-state index in [2.05, 4.69) is 48.4 Å². The van der Waals surface area contributed by atoms with Crippen molar-refractivity contribution in [3.63, 3.8) is 0 Å². The molecule has 3 N–H and O–H groups in total. The van der Waals surface area contributed by atoms with Gasteiger partial charge >= 0.3 is 0 Å². The van der Waals surface area contributed by atoms with Gasteiger partial charge in [-0.1, -0.05) is 32.1 Å². The highest BCUT2D eigenvalue weighted by atomic mass is 32.1. The maximum atomic E-state index is 12.9. The zero-order valence-electron chi connectivity index (χ0n) is 18.0. The van der Waals surface area contributed by atoms with E-state index < -0.39 is 0 Å². The number of hydrogen-bond acceptors (Lipinski definition) is 6. The number of rotatable bonds is 3. The SMILES string of the molecule is CC(C)c1cccc(NC2=N/Cc3cc(C(=O)N4CCC(N)C4)sc3/C=C\C/C=N\2)c1. The molecule has 1 atom stereocenters. The standard InChI is InChI=1S/C24H29N5OS/c1-16(2)17-6-5-7-20(12-17)28-24-26-10-4-3-8-21-18(14-27-24)13-22(31-21)23(30)29-11-9-19(25)15-29/h3,5-8,10,12-13,16,19H,4,9,11,14-15,25H2,1-2H3,(H,27,28)/b8-3-,26-10-. The molecule has 3 heterocycles. The van der Waals surface area contributed by atoms with Crippen molar-refractivity contribution in [2.45, 2.75) is 45.2 Å². The number of nitrogens with zero attached hydrogens (tertiary/aromatic N) is 3. The molecule has 0 bridgehead atoms. The molecule has 0 radical (unpaired) electrons. The van der Waals surface area contributed by atoms with Crippen LogP contribution in [0.3, 0.4) is 0 Å². The molecule has 1 fully saturated rings. The first-order valence-electron chi connectivity index (χ1n) is 10.8. The molecule has 1 unspecified atom stereocenters. The minimum atomic E-state index is 0.0674. The fraction of sp³-hybridized carbons (Fsp3) is 0.375. The Hall–Kier alpha value is -2.77. The molecule has 2 aliphatic heterocycles. The zero-order valence-corrected chi connectivity index (χ0v) is 18.9. The third-order valence-corrected chi connectivity index (χ3v) is 6.63. The van der Waals surface area contributed by atoms with Gasteiger partial charge in [-0.2, -0.15) is 0 Å². The number of allylic oxidation sites excluding steroid dienone is 1. The van der Waals surface area contributed by atoms with E-state index in [1.807, 2.05) is 29.3 Å². The van der Waals surface area contributed by atoms with Crippen LogP contribution in [0.5, 0.6) is 0 Å². The summed E-state index contributed by atoms with van der Waals surface area (Å²) in [6.45, 7) is 6.18. The Morgan fingerprint density at radius 3 is 2.97 bits per heavy atom. The summed E-state index contributed by atoms with van der Waals surface area (Å²) in [5, 5.41) is 3.34. The highest BCUT2D eigenvalue weighted by Crippen LogP contribution is 2.28. The van der Waals surface area contributed by atoms with Crippen LogP contribution in [0.4, 0.5) is 5.69 Å². The second kappa shape index (κ2) is 9.58. The number of nitrogens with two attached hydrogens (primary N) is 1. The monoisotopic (exact) mass is 435 g/mol. The van der Waals surface area contributed by atoms with Gasteiger partial charge < -0.3 is 16.0 Å². The van der Waals surface area contributed by atoms with E-state index in [4.69, 9.17) is 10.7 Å². The Balaban J connectivity index is 1.55. The topological polar surface area (TPSA) is 83.1 Å². The highest BCUT2D eigenvalue weighted by molar-refractivity contribution is 7.15. The number of guanidine groups is 1. The number of amides is 1. The number of aliphatic imine (C=N–C) groups is 2. The first-order chi connectivity index (χ1) is 15.0. The fourth-order valence-electron chi connectivity index (χ4n) is 3.69. The van der Waals surface area contributed by atoms with Gasteiger partial charge in [-0.15, -0.1) is 11.3 Å². The van der Waals surface area contributed by atoms with Crippen molar-refractivity contribution in [3.8, 4) is 0 Å². The first-order valence-corrected chi connectivity index (χ1v) is 11.6. The minimum Gasteiger partial charge on any atom is -0.336 e. The Morgan fingerprint density at radius 1 is 1.32 bits per heavy atom. The van der Waals surface area contributed by atoms with Crippen molar-refractivity contribution in [2.24, 2.45) is 15.7 Å². The maximum Gasteiger partial charge on any atom is 0.264 e. The molecule has 2 aromatic rings. The van der Waals surface area contributed by atoms with Gasteiger partial charge in [0.05, 0.1) is 11.4 Å². The van der Waals surface area contributed by atoms with Gasteiger partial charge in [0.25, 0.3) is 5.91 Å². The summed E-state index contributed by atoms with van der Waals surface area (Å²) in [7, 11) is 0. The molecule has 0 aliphatic carbocycles. The summed E-state index contributed by atoms with van der Waals surface area (Å²) in [6, 6.07) is 10.4. The molecule has 1 amide bonds. The maximum absolute atomic E-state index is 12.9. The summed E-state index contributed by atoms with van der Waals surface area (Å²) < 4.78 is 0. The lowest BCUT2D eigenvalue weighted by Gasteiger charge is -2.14. The van der Waals surface area contributed by atoms with E-state index in [-0.39, 0.29) is 11.9 Å². The van der Waals surface area contributed by atoms with Crippen LogP contribution in [0.1, 0.15) is 58.3 Å². The molecule has 7 heteroatoms. The molecule has 1 aromatic heterocycles. The number of nitrogens with one attached hydrogen (secondary N) is 1. The van der Waals surface area contributed by atoms with Crippen molar-refractivity contribution in [1.82, 2.24) is 4.90 Å². The Labute approximate surface area is 187 Å². The van der Waals surface area contributed by atoms with E-state index in [0.29, 0.717) is 31.4 Å². The van der Waals surface area contributed by atoms with Crippen LogP contribution < -0.4 is 11.1 Å². The van der Waals surface area contributed by atoms with Crippen LogP contribution in [0, 0.1) is 0 Å². The highest BCUT2D eigenvalue weighted by Gasteiger charge is 2.26. The summed E-state index contributed by atoms with van der Waals surface area (Å²) in [4.78, 5) is 25.8. The Kier molecular flexibility index (Phi) is 6.63. The Bertz CT molecular complexity index is 1040. The fourth-order valence-corrected chi connectivity index (χ4v) is 4.77. The predicted molar refractivity (Wildman–Crippen MR) is 130 cm³/mol. The van der Waals surface area contributed by atoms with E-state index >= 15 is 0 Å². The largest absolute Gasteiger partial charge is 0.336 e. The molecule has 2 aliphatic rings. The normalized spacial score (nSPS) is 22.5. The van der Waals surface area contributed by atoms with E-state index in [9.17, 15) is 4.79 Å². The predicted octanol–water partition coefficient (Wildman–Crippen LogP) is 4.50. The molecule has 4 rings (SSSR count). The summed E-state index contributed by atoms with van der Waals surface area (Å²) >= 11 is 1.53. The molecule has 6 nitrogen and oxygen atoms in total. The average Bonchev–Trinajstić information content (AvgIpc) is 3.37. The molecular weight excluding hydrogens is 406 g/mol. The smallest absolute Gasteiger partial charge is 0.264 e. The van der Waals surface area contributed by atoms with Gasteiger partial charge in [0.2, 0.25) is 5.96 Å². The Morgan fingerprint density at radius 2 is 2.19 bits per heavy atom. The van der Waals surface area contributed by atoms with Crippen LogP contribution in [-0.4, -0.2) is 42.1 Å². The minimum absolute atomic E-state index is 0.0674. The molecule has 0 saturated carbocycles. The van der Waals surface area contributed by atoms with Crippen molar-refractivity contribution in [1.29, 1.82) is 0 Å². The molecule has 162 valence electrons. The van der Waals surface area contributed by atoms with Crippen LogP contribution in [0.15, 0.2) is 46.4 Å². The van der Waals surface area contributed by atoms with E-state index in [1.165, 1.54) is 16.9 Å². The van der Waals surface area contributed by atoms with E-state index in [1.54, 1.807) is 0 Å². The number of anilines is 1. The van der Waals surface area contributed by atoms with Crippen LogP contribution in [0.2, 0.25) is 0 Å². The number of thiophene rings is 1. The molecule has 1 saturated heterocycles. The van der Waals surface area contributed by atoms with Crippen LogP contribution in [-0.2, 0) is 6.54 Å². The van der Waals surface area contributed by atoms with Crippen LogP contribution >= 0.6 is 11.3 Å². The molecule has 31 heavy (non-hydrogen) atoms. The summed E-state index contributed by atoms with van der Waals surface area (Å²) in [6.07, 6.45) is 7.56. The third kappa shape index (κ3) is 5.29. The summed E-state index contributed by atoms with van der Waals surface area (Å²) in [5.41, 5.74) is 9.26. The number of benzene rings is 1. The van der Waals surface area contributed by atoms with Crippen molar-refractivity contribution in [2.75, 3.05) is 18.4 Å². The number of carbonyl (C=O) groups is 1. The molecule has 1 aromatic carbocycles. The van der Waals surface area contributed by atoms with Gasteiger partial charge in [0.15, 0.2) is 0 Å². The number of fused-ring (bicyclic) bond motifs is 1. The van der Waals surface area contributed by atoms with Gasteiger partial charge in [-0.25, -0.2) is 9.98 Å².